The Morgan fingerprint density at radius 2 is 1.28 bits per heavy atom. The molecule has 170 valence electrons. The Kier molecular flexibility index (Phi) is 10.0. The van der Waals surface area contributed by atoms with Crippen LogP contribution in [0, 0.1) is 0 Å². The first-order chi connectivity index (χ1) is 15.6. The lowest BCUT2D eigenvalue weighted by atomic mass is 10.1. The summed E-state index contributed by atoms with van der Waals surface area (Å²) in [5.41, 5.74) is 3.97. The summed E-state index contributed by atoms with van der Waals surface area (Å²) >= 11 is 3.82. The van der Waals surface area contributed by atoms with E-state index in [1.807, 2.05) is 23.5 Å². The summed E-state index contributed by atoms with van der Waals surface area (Å²) in [5.74, 6) is 1.00. The fourth-order valence-corrected chi connectivity index (χ4v) is 6.13. The van der Waals surface area contributed by atoms with Gasteiger partial charge in [-0.2, -0.15) is 0 Å². The number of benzene rings is 2. The molecule has 32 heavy (non-hydrogen) atoms. The minimum Gasteiger partial charge on any atom is -0.363 e. The van der Waals surface area contributed by atoms with Gasteiger partial charge in [0.25, 0.3) is 0 Å². The zero-order chi connectivity index (χ0) is 22.8. The van der Waals surface area contributed by atoms with Crippen LogP contribution in [0.25, 0.3) is 0 Å². The molecule has 0 aliphatic carbocycles. The Bertz CT molecular complexity index is 917. The first-order valence-electron chi connectivity index (χ1n) is 11.7. The van der Waals surface area contributed by atoms with E-state index in [1.165, 1.54) is 46.6 Å². The number of aromatic nitrogens is 1. The number of unbranched alkanes of at least 4 members (excludes halogenated alkanes) is 2. The molecular formula is C28H36N2S2. The third-order valence-corrected chi connectivity index (χ3v) is 7.92. The molecule has 0 amide bonds. The number of nitrogens with zero attached hydrogens (tertiary/aromatic N) is 2. The minimum absolute atomic E-state index is 0.192. The molecule has 0 bridgehead atoms. The summed E-state index contributed by atoms with van der Waals surface area (Å²) in [4.78, 5) is 9.70. The van der Waals surface area contributed by atoms with E-state index in [1.54, 1.807) is 0 Å². The van der Waals surface area contributed by atoms with Crippen molar-refractivity contribution in [2.75, 3.05) is 19.0 Å². The van der Waals surface area contributed by atoms with Gasteiger partial charge in [0, 0.05) is 23.9 Å². The predicted molar refractivity (Wildman–Crippen MR) is 143 cm³/mol. The van der Waals surface area contributed by atoms with Crippen LogP contribution in [0.3, 0.4) is 0 Å². The molecule has 2 aromatic carbocycles. The predicted octanol–water partition coefficient (Wildman–Crippen LogP) is 8.42. The van der Waals surface area contributed by atoms with Gasteiger partial charge in [-0.15, -0.1) is 23.5 Å². The first-order valence-corrected chi connectivity index (χ1v) is 13.5. The summed E-state index contributed by atoms with van der Waals surface area (Å²) in [6.45, 7) is 4.51. The van der Waals surface area contributed by atoms with Crippen LogP contribution in [0.1, 0.15) is 60.9 Å². The van der Waals surface area contributed by atoms with Gasteiger partial charge in [0.15, 0.2) is 0 Å². The molecule has 0 saturated carbocycles. The number of rotatable bonds is 12. The molecule has 0 aliphatic rings. The Morgan fingerprint density at radius 3 is 1.78 bits per heavy atom. The molecule has 0 N–H and O–H groups in total. The molecule has 0 fully saturated rings. The van der Waals surface area contributed by atoms with Crippen molar-refractivity contribution in [3.05, 3.63) is 83.6 Å². The lowest BCUT2D eigenvalue weighted by molar-refractivity contribution is 0.793. The SMILES string of the molecule is CCCCc1cccc(SC(Sc2cccc(CCCC)c2)c2cccc(N(C)C)n2)c1. The lowest BCUT2D eigenvalue weighted by Gasteiger charge is -2.19. The maximum atomic E-state index is 4.99. The van der Waals surface area contributed by atoms with Gasteiger partial charge in [-0.1, -0.05) is 57.0 Å². The highest BCUT2D eigenvalue weighted by Gasteiger charge is 2.18. The highest BCUT2D eigenvalue weighted by Crippen LogP contribution is 2.47. The van der Waals surface area contributed by atoms with E-state index in [9.17, 15) is 0 Å². The molecule has 1 aromatic heterocycles. The van der Waals surface area contributed by atoms with Gasteiger partial charge in [0.05, 0.1) is 5.69 Å². The fraction of sp³-hybridized carbons (Fsp3) is 0.393. The van der Waals surface area contributed by atoms with E-state index in [2.05, 4.69) is 99.6 Å². The fourth-order valence-electron chi connectivity index (χ4n) is 3.52. The molecule has 3 rings (SSSR count). The number of pyridine rings is 1. The topological polar surface area (TPSA) is 16.1 Å². The molecule has 0 spiro atoms. The molecule has 0 unspecified atom stereocenters. The van der Waals surface area contributed by atoms with Gasteiger partial charge < -0.3 is 4.90 Å². The van der Waals surface area contributed by atoms with Crippen molar-refractivity contribution in [3.8, 4) is 0 Å². The molecule has 0 aliphatic heterocycles. The number of hydrogen-bond donors (Lipinski definition) is 0. The van der Waals surface area contributed by atoms with Gasteiger partial charge in [0.1, 0.15) is 10.4 Å². The van der Waals surface area contributed by atoms with Crippen LogP contribution in [0.5, 0.6) is 0 Å². The summed E-state index contributed by atoms with van der Waals surface area (Å²) < 4.78 is 0.192. The van der Waals surface area contributed by atoms with Crippen molar-refractivity contribution < 1.29 is 0 Å². The van der Waals surface area contributed by atoms with E-state index in [4.69, 9.17) is 4.98 Å². The Hall–Kier alpha value is -1.91. The maximum Gasteiger partial charge on any atom is 0.128 e. The van der Waals surface area contributed by atoms with Crippen LogP contribution in [0.4, 0.5) is 5.82 Å². The van der Waals surface area contributed by atoms with Crippen molar-refractivity contribution in [1.82, 2.24) is 4.98 Å². The van der Waals surface area contributed by atoms with Crippen molar-refractivity contribution >= 4 is 29.3 Å². The summed E-state index contributed by atoms with van der Waals surface area (Å²) in [6.07, 6.45) is 7.23. The van der Waals surface area contributed by atoms with Crippen molar-refractivity contribution in [1.29, 1.82) is 0 Å². The van der Waals surface area contributed by atoms with Crippen LogP contribution < -0.4 is 4.90 Å². The zero-order valence-electron chi connectivity index (χ0n) is 19.9. The second-order valence-electron chi connectivity index (χ2n) is 8.38. The van der Waals surface area contributed by atoms with Crippen molar-refractivity contribution in [2.24, 2.45) is 0 Å². The smallest absolute Gasteiger partial charge is 0.128 e. The summed E-state index contributed by atoms with van der Waals surface area (Å²) in [5, 5.41) is 0. The van der Waals surface area contributed by atoms with Gasteiger partial charge in [0.2, 0.25) is 0 Å². The normalized spacial score (nSPS) is 11.2. The molecule has 0 radical (unpaired) electrons. The van der Waals surface area contributed by atoms with Crippen LogP contribution in [-0.2, 0) is 12.8 Å². The average molecular weight is 465 g/mol. The standard InChI is InChI=1S/C28H36N2S2/c1-5-7-12-22-14-9-16-24(20-22)31-28(26-18-11-19-27(29-26)30(3)4)32-25-17-10-15-23(21-25)13-8-6-2/h9-11,14-21,28H,5-8,12-13H2,1-4H3. The average Bonchev–Trinajstić information content (AvgIpc) is 2.81. The largest absolute Gasteiger partial charge is 0.363 e. The van der Waals surface area contributed by atoms with E-state index in [0.29, 0.717) is 0 Å². The first kappa shape index (κ1) is 24.7. The molecule has 2 nitrogen and oxygen atoms in total. The second kappa shape index (κ2) is 13.0. The molecule has 0 saturated heterocycles. The van der Waals surface area contributed by atoms with Crippen LogP contribution >= 0.6 is 23.5 Å². The number of aryl methyl sites for hydroxylation is 2. The van der Waals surface area contributed by atoms with Crippen LogP contribution in [-0.4, -0.2) is 19.1 Å². The van der Waals surface area contributed by atoms with Gasteiger partial charge in [-0.3, -0.25) is 0 Å². The van der Waals surface area contributed by atoms with Gasteiger partial charge >= 0.3 is 0 Å². The minimum atomic E-state index is 0.192. The quantitative estimate of drug-likeness (QED) is 0.197. The molecule has 1 heterocycles. The molecule has 3 aromatic rings. The van der Waals surface area contributed by atoms with Gasteiger partial charge in [-0.25, -0.2) is 4.98 Å². The monoisotopic (exact) mass is 464 g/mol. The van der Waals surface area contributed by atoms with Crippen molar-refractivity contribution in [3.63, 3.8) is 0 Å². The molecular weight excluding hydrogens is 428 g/mol. The zero-order valence-corrected chi connectivity index (χ0v) is 21.5. The molecule has 4 heteroatoms. The Labute approximate surface area is 203 Å². The Morgan fingerprint density at radius 1 is 0.750 bits per heavy atom. The van der Waals surface area contributed by atoms with Crippen LogP contribution in [0.15, 0.2) is 76.5 Å². The van der Waals surface area contributed by atoms with E-state index < -0.39 is 0 Å². The summed E-state index contributed by atoms with van der Waals surface area (Å²) in [7, 11) is 4.10. The lowest BCUT2D eigenvalue weighted by Crippen LogP contribution is -2.11. The van der Waals surface area contributed by atoms with Crippen LogP contribution in [0.2, 0.25) is 0 Å². The summed E-state index contributed by atoms with van der Waals surface area (Å²) in [6, 6.07) is 24.5. The third-order valence-electron chi connectivity index (χ3n) is 5.38. The van der Waals surface area contributed by atoms with E-state index >= 15 is 0 Å². The number of anilines is 1. The third kappa shape index (κ3) is 7.60. The second-order valence-corrected chi connectivity index (χ2v) is 11.0. The maximum absolute atomic E-state index is 4.99. The number of hydrogen-bond acceptors (Lipinski definition) is 4. The van der Waals surface area contributed by atoms with Crippen molar-refractivity contribution in [2.45, 2.75) is 66.7 Å². The van der Waals surface area contributed by atoms with Gasteiger partial charge in [-0.05, 0) is 73.2 Å². The highest BCUT2D eigenvalue weighted by molar-refractivity contribution is 8.16. The highest BCUT2D eigenvalue weighted by atomic mass is 32.2. The number of thioether (sulfide) groups is 2. The van der Waals surface area contributed by atoms with E-state index in [0.717, 1.165) is 24.4 Å². The molecule has 0 atom stereocenters. The van der Waals surface area contributed by atoms with E-state index in [-0.39, 0.29) is 4.58 Å². The Balaban J connectivity index is 1.87.